The van der Waals surface area contributed by atoms with Crippen molar-refractivity contribution in [1.29, 1.82) is 0 Å². The Morgan fingerprint density at radius 1 is 1.06 bits per heavy atom. The Labute approximate surface area is 114 Å². The summed E-state index contributed by atoms with van der Waals surface area (Å²) in [6.07, 6.45) is 0.791. The Balaban J connectivity index is 2.23. The molecule has 0 N–H and O–H groups in total. The molecule has 0 bridgehead atoms. The van der Waals surface area contributed by atoms with Crippen LogP contribution in [0.15, 0.2) is 48.5 Å². The van der Waals surface area contributed by atoms with Crippen molar-refractivity contribution in [1.82, 2.24) is 0 Å². The predicted octanol–water partition coefficient (Wildman–Crippen LogP) is 5.03. The average Bonchev–Trinajstić information content (AvgIpc) is 2.82. The van der Waals surface area contributed by atoms with Crippen molar-refractivity contribution in [2.75, 3.05) is 0 Å². The van der Waals surface area contributed by atoms with Crippen LogP contribution >= 0.6 is 22.9 Å². The average molecular weight is 273 g/mol. The summed E-state index contributed by atoms with van der Waals surface area (Å²) in [6, 6.07) is 15.8. The summed E-state index contributed by atoms with van der Waals surface area (Å²) in [6.45, 7) is 0. The Bertz CT molecular complexity index is 697. The van der Waals surface area contributed by atoms with E-state index in [2.05, 4.69) is 18.2 Å². The van der Waals surface area contributed by atoms with E-state index in [1.807, 2.05) is 24.3 Å². The second-order valence-corrected chi connectivity index (χ2v) is 5.44. The van der Waals surface area contributed by atoms with E-state index in [4.69, 9.17) is 11.6 Å². The quantitative estimate of drug-likeness (QED) is 0.598. The number of rotatable bonds is 2. The largest absolute Gasteiger partial charge is 0.298 e. The van der Waals surface area contributed by atoms with Crippen molar-refractivity contribution >= 4 is 39.3 Å². The van der Waals surface area contributed by atoms with Crippen molar-refractivity contribution in [2.45, 2.75) is 0 Å². The Hall–Kier alpha value is -1.64. The summed E-state index contributed by atoms with van der Waals surface area (Å²) < 4.78 is 1.22. The van der Waals surface area contributed by atoms with E-state index in [0.29, 0.717) is 10.6 Å². The highest BCUT2D eigenvalue weighted by Gasteiger charge is 2.10. The lowest BCUT2D eigenvalue weighted by molar-refractivity contribution is 0.112. The van der Waals surface area contributed by atoms with Crippen molar-refractivity contribution in [2.24, 2.45) is 0 Å². The SMILES string of the molecule is O=Cc1cccc(-c2cc3ccccc3s2)c1Cl. The lowest BCUT2D eigenvalue weighted by atomic mass is 10.1. The maximum absolute atomic E-state index is 10.9. The van der Waals surface area contributed by atoms with Gasteiger partial charge in [0.15, 0.2) is 6.29 Å². The molecular formula is C15H9ClOS. The van der Waals surface area contributed by atoms with Gasteiger partial charge in [-0.15, -0.1) is 11.3 Å². The molecule has 0 atom stereocenters. The zero-order chi connectivity index (χ0) is 12.5. The van der Waals surface area contributed by atoms with E-state index >= 15 is 0 Å². The number of hydrogen-bond donors (Lipinski definition) is 0. The van der Waals surface area contributed by atoms with Crippen LogP contribution in [0, 0.1) is 0 Å². The molecule has 18 heavy (non-hydrogen) atoms. The minimum Gasteiger partial charge on any atom is -0.298 e. The normalized spacial score (nSPS) is 10.7. The molecule has 0 saturated carbocycles. The minimum atomic E-state index is 0.527. The minimum absolute atomic E-state index is 0.527. The van der Waals surface area contributed by atoms with Gasteiger partial charge in [0, 0.05) is 20.7 Å². The third-order valence-corrected chi connectivity index (χ3v) is 4.42. The summed E-state index contributed by atoms with van der Waals surface area (Å²) in [5.74, 6) is 0. The van der Waals surface area contributed by atoms with E-state index < -0.39 is 0 Å². The first-order chi connectivity index (χ1) is 8.79. The fourth-order valence-electron chi connectivity index (χ4n) is 1.95. The molecular weight excluding hydrogens is 264 g/mol. The molecule has 0 spiro atoms. The van der Waals surface area contributed by atoms with Crippen LogP contribution in [0.5, 0.6) is 0 Å². The molecule has 0 radical (unpaired) electrons. The molecule has 3 heteroatoms. The zero-order valence-corrected chi connectivity index (χ0v) is 11.0. The number of fused-ring (bicyclic) bond motifs is 1. The topological polar surface area (TPSA) is 17.1 Å². The molecule has 0 saturated heterocycles. The predicted molar refractivity (Wildman–Crippen MR) is 77.7 cm³/mol. The van der Waals surface area contributed by atoms with Crippen molar-refractivity contribution < 1.29 is 4.79 Å². The molecule has 3 rings (SSSR count). The third-order valence-electron chi connectivity index (χ3n) is 2.85. The zero-order valence-electron chi connectivity index (χ0n) is 9.39. The number of carbonyl (C=O) groups is 1. The molecule has 1 heterocycles. The van der Waals surface area contributed by atoms with Crippen LogP contribution in [-0.4, -0.2) is 6.29 Å². The fraction of sp³-hybridized carbons (Fsp3) is 0. The Morgan fingerprint density at radius 3 is 2.67 bits per heavy atom. The van der Waals surface area contributed by atoms with Crippen LogP contribution in [0.2, 0.25) is 5.02 Å². The molecule has 0 fully saturated rings. The van der Waals surface area contributed by atoms with Gasteiger partial charge < -0.3 is 0 Å². The molecule has 0 unspecified atom stereocenters. The van der Waals surface area contributed by atoms with Gasteiger partial charge >= 0.3 is 0 Å². The molecule has 1 aromatic heterocycles. The first-order valence-corrected chi connectivity index (χ1v) is 6.71. The smallest absolute Gasteiger partial charge is 0.151 e. The van der Waals surface area contributed by atoms with Gasteiger partial charge in [0.1, 0.15) is 0 Å². The van der Waals surface area contributed by atoms with Gasteiger partial charge in [-0.05, 0) is 17.5 Å². The van der Waals surface area contributed by atoms with Gasteiger partial charge in [0.25, 0.3) is 0 Å². The Morgan fingerprint density at radius 2 is 1.89 bits per heavy atom. The summed E-state index contributed by atoms with van der Waals surface area (Å²) in [7, 11) is 0. The van der Waals surface area contributed by atoms with Gasteiger partial charge in [0.05, 0.1) is 5.02 Å². The molecule has 0 aliphatic rings. The number of hydrogen-bond acceptors (Lipinski definition) is 2. The fourth-order valence-corrected chi connectivity index (χ4v) is 3.37. The number of thiophene rings is 1. The van der Waals surface area contributed by atoms with Crippen molar-refractivity contribution in [3.05, 3.63) is 59.1 Å². The maximum Gasteiger partial charge on any atom is 0.151 e. The monoisotopic (exact) mass is 272 g/mol. The van der Waals surface area contributed by atoms with Crippen molar-refractivity contribution in [3.8, 4) is 10.4 Å². The molecule has 1 nitrogen and oxygen atoms in total. The number of benzene rings is 2. The van der Waals surface area contributed by atoms with Gasteiger partial charge in [-0.25, -0.2) is 0 Å². The first kappa shape index (κ1) is 11.5. The van der Waals surface area contributed by atoms with E-state index in [1.165, 1.54) is 10.1 Å². The maximum atomic E-state index is 10.9. The highest BCUT2D eigenvalue weighted by atomic mass is 35.5. The van der Waals surface area contributed by atoms with E-state index in [0.717, 1.165) is 16.7 Å². The second-order valence-electron chi connectivity index (χ2n) is 3.98. The first-order valence-electron chi connectivity index (χ1n) is 5.52. The summed E-state index contributed by atoms with van der Waals surface area (Å²) in [5, 5.41) is 1.73. The number of aldehydes is 1. The van der Waals surface area contributed by atoms with Crippen LogP contribution in [0.1, 0.15) is 10.4 Å². The van der Waals surface area contributed by atoms with E-state index in [-0.39, 0.29) is 0 Å². The second kappa shape index (κ2) is 4.56. The van der Waals surface area contributed by atoms with Crippen LogP contribution in [0.25, 0.3) is 20.5 Å². The van der Waals surface area contributed by atoms with E-state index in [9.17, 15) is 4.79 Å². The highest BCUT2D eigenvalue weighted by molar-refractivity contribution is 7.22. The summed E-state index contributed by atoms with van der Waals surface area (Å²) in [4.78, 5) is 12.0. The van der Waals surface area contributed by atoms with Gasteiger partial charge in [-0.1, -0.05) is 48.0 Å². The lowest BCUT2D eigenvalue weighted by Crippen LogP contribution is -1.84. The standard InChI is InChI=1S/C15H9ClOS/c16-15-11(9-17)5-3-6-12(15)14-8-10-4-1-2-7-13(10)18-14/h1-9H. The van der Waals surface area contributed by atoms with Gasteiger partial charge in [-0.2, -0.15) is 0 Å². The summed E-state index contributed by atoms with van der Waals surface area (Å²) in [5.41, 5.74) is 1.45. The Kier molecular flexibility index (Phi) is 2.90. The van der Waals surface area contributed by atoms with Crippen molar-refractivity contribution in [3.63, 3.8) is 0 Å². The third kappa shape index (κ3) is 1.84. The molecule has 0 aliphatic heterocycles. The highest BCUT2D eigenvalue weighted by Crippen LogP contribution is 2.37. The molecule has 88 valence electrons. The summed E-state index contributed by atoms with van der Waals surface area (Å²) >= 11 is 7.93. The van der Waals surface area contributed by atoms with Crippen LogP contribution in [-0.2, 0) is 0 Å². The molecule has 0 amide bonds. The van der Waals surface area contributed by atoms with Crippen LogP contribution in [0.3, 0.4) is 0 Å². The molecule has 3 aromatic rings. The number of carbonyl (C=O) groups excluding carboxylic acids is 1. The molecule has 2 aromatic carbocycles. The van der Waals surface area contributed by atoms with E-state index in [1.54, 1.807) is 17.4 Å². The van der Waals surface area contributed by atoms with Gasteiger partial charge in [0.2, 0.25) is 0 Å². The van der Waals surface area contributed by atoms with Gasteiger partial charge in [-0.3, -0.25) is 4.79 Å². The van der Waals surface area contributed by atoms with Crippen LogP contribution in [0.4, 0.5) is 0 Å². The lowest BCUT2D eigenvalue weighted by Gasteiger charge is -2.02. The van der Waals surface area contributed by atoms with Crippen LogP contribution < -0.4 is 0 Å². The number of halogens is 1. The molecule has 0 aliphatic carbocycles.